The second-order valence-corrected chi connectivity index (χ2v) is 4.70. The minimum atomic E-state index is -0.295. The second kappa shape index (κ2) is 5.44. The van der Waals surface area contributed by atoms with Crippen LogP contribution in [0.15, 0.2) is 39.4 Å². The zero-order valence-corrected chi connectivity index (χ0v) is 11.7. The Hall–Kier alpha value is -3.36. The highest BCUT2D eigenvalue weighted by Gasteiger charge is 2.16. The summed E-state index contributed by atoms with van der Waals surface area (Å²) < 4.78 is 20.7. The minimum Gasteiger partial charge on any atom is -0.454 e. The Labute approximate surface area is 129 Å². The van der Waals surface area contributed by atoms with Crippen molar-refractivity contribution in [3.05, 3.63) is 36.0 Å². The van der Waals surface area contributed by atoms with Gasteiger partial charge < -0.3 is 18.4 Å². The molecular weight excluding hydrogens is 304 g/mol. The number of hydrogen-bond acceptors (Lipinski definition) is 8. The number of benzene rings is 1. The van der Waals surface area contributed by atoms with E-state index in [4.69, 9.17) is 18.4 Å². The van der Waals surface area contributed by atoms with Crippen molar-refractivity contribution < 1.29 is 23.2 Å². The van der Waals surface area contributed by atoms with Crippen molar-refractivity contribution in [2.24, 2.45) is 0 Å². The SMILES string of the molecule is O=C(Cc1ccc2c(c1)OCO2)Nc1nnc(-c2ccno2)o1. The third-order valence-electron chi connectivity index (χ3n) is 3.12. The maximum Gasteiger partial charge on any atom is 0.322 e. The zero-order chi connectivity index (χ0) is 15.6. The maximum absolute atomic E-state index is 12.0. The van der Waals surface area contributed by atoms with Gasteiger partial charge in [-0.25, -0.2) is 0 Å². The molecule has 4 rings (SSSR count). The standard InChI is InChI=1S/C14H10N4O5/c19-12(6-8-1-2-9-11(5-8)21-7-20-9)16-14-18-17-13(22-14)10-3-4-15-23-10/h1-5H,6-7H2,(H,16,18,19). The molecule has 0 unspecified atom stereocenters. The minimum absolute atomic E-state index is 0.0119. The number of nitrogens with one attached hydrogen (secondary N) is 1. The average Bonchev–Trinajstić information content (AvgIpc) is 3.27. The number of nitrogens with zero attached hydrogens (tertiary/aromatic N) is 3. The van der Waals surface area contributed by atoms with Crippen LogP contribution < -0.4 is 14.8 Å². The number of rotatable bonds is 4. The first-order valence-corrected chi connectivity index (χ1v) is 6.71. The number of carbonyl (C=O) groups excluding carboxylic acids is 1. The van der Waals surface area contributed by atoms with Gasteiger partial charge in [-0.3, -0.25) is 10.1 Å². The monoisotopic (exact) mass is 314 g/mol. The Morgan fingerprint density at radius 2 is 2.09 bits per heavy atom. The van der Waals surface area contributed by atoms with Gasteiger partial charge in [-0.1, -0.05) is 16.3 Å². The van der Waals surface area contributed by atoms with E-state index in [2.05, 4.69) is 20.7 Å². The molecule has 0 fully saturated rings. The summed E-state index contributed by atoms with van der Waals surface area (Å²) in [4.78, 5) is 12.0. The van der Waals surface area contributed by atoms with Crippen LogP contribution in [0.25, 0.3) is 11.7 Å². The van der Waals surface area contributed by atoms with Gasteiger partial charge in [0, 0.05) is 6.07 Å². The summed E-state index contributed by atoms with van der Waals surface area (Å²) in [6.07, 6.45) is 1.59. The van der Waals surface area contributed by atoms with Gasteiger partial charge in [0.15, 0.2) is 11.5 Å². The van der Waals surface area contributed by atoms with Gasteiger partial charge >= 0.3 is 6.01 Å². The second-order valence-electron chi connectivity index (χ2n) is 4.70. The fraction of sp³-hybridized carbons (Fsp3) is 0.143. The van der Waals surface area contributed by atoms with E-state index in [0.29, 0.717) is 17.3 Å². The van der Waals surface area contributed by atoms with Gasteiger partial charge in [0.05, 0.1) is 12.6 Å². The van der Waals surface area contributed by atoms with E-state index in [1.807, 2.05) is 0 Å². The lowest BCUT2D eigenvalue weighted by atomic mass is 10.1. The van der Waals surface area contributed by atoms with E-state index in [9.17, 15) is 4.79 Å². The Bertz CT molecular complexity index is 843. The molecule has 0 aliphatic carbocycles. The van der Waals surface area contributed by atoms with Crippen molar-refractivity contribution in [2.45, 2.75) is 6.42 Å². The molecule has 9 heteroatoms. The van der Waals surface area contributed by atoms with Gasteiger partial charge in [0.25, 0.3) is 5.89 Å². The Kier molecular flexibility index (Phi) is 3.15. The first-order valence-electron chi connectivity index (χ1n) is 6.71. The number of aromatic nitrogens is 3. The van der Waals surface area contributed by atoms with Gasteiger partial charge in [0.1, 0.15) is 0 Å². The van der Waals surface area contributed by atoms with Crippen LogP contribution in [0.4, 0.5) is 6.01 Å². The third-order valence-corrected chi connectivity index (χ3v) is 3.12. The topological polar surface area (TPSA) is 113 Å². The summed E-state index contributed by atoms with van der Waals surface area (Å²) in [6.45, 7) is 0.192. The van der Waals surface area contributed by atoms with Crippen molar-refractivity contribution >= 4 is 11.9 Å². The van der Waals surface area contributed by atoms with Crippen LogP contribution in [0.1, 0.15) is 5.56 Å². The molecule has 1 N–H and O–H groups in total. The lowest BCUT2D eigenvalue weighted by molar-refractivity contribution is -0.115. The van der Waals surface area contributed by atoms with Crippen LogP contribution in [0.3, 0.4) is 0 Å². The van der Waals surface area contributed by atoms with Crippen molar-refractivity contribution in [3.8, 4) is 23.1 Å². The summed E-state index contributed by atoms with van der Waals surface area (Å²) in [5, 5.41) is 13.6. The fourth-order valence-corrected chi connectivity index (χ4v) is 2.10. The maximum atomic E-state index is 12.0. The van der Waals surface area contributed by atoms with Crippen LogP contribution in [0.5, 0.6) is 11.5 Å². The quantitative estimate of drug-likeness (QED) is 0.773. The van der Waals surface area contributed by atoms with Crippen molar-refractivity contribution in [3.63, 3.8) is 0 Å². The van der Waals surface area contributed by atoms with E-state index in [1.165, 1.54) is 6.20 Å². The highest BCUT2D eigenvalue weighted by atomic mass is 16.7. The molecule has 2 aromatic heterocycles. The number of ether oxygens (including phenoxy) is 2. The summed E-state index contributed by atoms with van der Waals surface area (Å²) in [7, 11) is 0. The van der Waals surface area contributed by atoms with E-state index < -0.39 is 0 Å². The molecule has 0 saturated carbocycles. The molecule has 3 heterocycles. The van der Waals surface area contributed by atoms with E-state index in [0.717, 1.165) is 5.56 Å². The predicted octanol–water partition coefficient (Wildman–Crippen LogP) is 1.63. The molecular formula is C14H10N4O5. The number of carbonyl (C=O) groups is 1. The largest absolute Gasteiger partial charge is 0.454 e. The molecule has 0 saturated heterocycles. The van der Waals surface area contributed by atoms with Crippen LogP contribution in [-0.2, 0) is 11.2 Å². The molecule has 1 amide bonds. The Balaban J connectivity index is 1.42. The predicted molar refractivity (Wildman–Crippen MR) is 74.7 cm³/mol. The first kappa shape index (κ1) is 13.3. The molecule has 0 atom stereocenters. The highest BCUT2D eigenvalue weighted by Crippen LogP contribution is 2.32. The molecule has 0 radical (unpaired) electrons. The lowest BCUT2D eigenvalue weighted by Crippen LogP contribution is -2.14. The van der Waals surface area contributed by atoms with E-state index in [1.54, 1.807) is 24.3 Å². The molecule has 116 valence electrons. The van der Waals surface area contributed by atoms with Gasteiger partial charge in [-0.2, -0.15) is 0 Å². The summed E-state index contributed by atoms with van der Waals surface area (Å²) in [5.74, 6) is 1.47. The van der Waals surface area contributed by atoms with Crippen LogP contribution in [-0.4, -0.2) is 28.1 Å². The molecule has 1 aliphatic heterocycles. The van der Waals surface area contributed by atoms with Crippen LogP contribution >= 0.6 is 0 Å². The van der Waals surface area contributed by atoms with Crippen molar-refractivity contribution in [2.75, 3.05) is 12.1 Å². The molecule has 9 nitrogen and oxygen atoms in total. The molecule has 1 aliphatic rings. The summed E-state index contributed by atoms with van der Waals surface area (Å²) in [6, 6.07) is 6.88. The summed E-state index contributed by atoms with van der Waals surface area (Å²) >= 11 is 0. The number of anilines is 1. The smallest absolute Gasteiger partial charge is 0.322 e. The van der Waals surface area contributed by atoms with Crippen molar-refractivity contribution in [1.29, 1.82) is 0 Å². The van der Waals surface area contributed by atoms with E-state index in [-0.39, 0.29) is 31.0 Å². The third kappa shape index (κ3) is 2.71. The zero-order valence-electron chi connectivity index (χ0n) is 11.7. The molecule has 0 spiro atoms. The molecule has 0 bridgehead atoms. The van der Waals surface area contributed by atoms with E-state index >= 15 is 0 Å². The number of amides is 1. The number of fused-ring (bicyclic) bond motifs is 1. The molecule has 1 aromatic carbocycles. The normalized spacial score (nSPS) is 12.3. The average molecular weight is 314 g/mol. The fourth-order valence-electron chi connectivity index (χ4n) is 2.10. The summed E-state index contributed by atoms with van der Waals surface area (Å²) in [5.41, 5.74) is 0.779. The molecule has 3 aromatic rings. The van der Waals surface area contributed by atoms with Gasteiger partial charge in [0.2, 0.25) is 18.5 Å². The van der Waals surface area contributed by atoms with Crippen molar-refractivity contribution in [1.82, 2.24) is 15.4 Å². The number of hydrogen-bond donors (Lipinski definition) is 1. The van der Waals surface area contributed by atoms with Crippen LogP contribution in [0, 0.1) is 0 Å². The highest BCUT2D eigenvalue weighted by molar-refractivity contribution is 5.90. The van der Waals surface area contributed by atoms with Gasteiger partial charge in [-0.05, 0) is 17.7 Å². The Morgan fingerprint density at radius 1 is 1.17 bits per heavy atom. The molecule has 23 heavy (non-hydrogen) atoms. The lowest BCUT2D eigenvalue weighted by Gasteiger charge is -2.02. The van der Waals surface area contributed by atoms with Gasteiger partial charge in [-0.15, -0.1) is 5.10 Å². The first-order chi connectivity index (χ1) is 11.3. The van der Waals surface area contributed by atoms with Crippen LogP contribution in [0.2, 0.25) is 0 Å². The Morgan fingerprint density at radius 3 is 2.96 bits per heavy atom.